The number of carbonyl (C=O) groups excluding carboxylic acids is 1. The topological polar surface area (TPSA) is 94.6 Å². The molecule has 2 aromatic carbocycles. The van der Waals surface area contributed by atoms with Crippen LogP contribution in [0.1, 0.15) is 36.8 Å². The van der Waals surface area contributed by atoms with Crippen LogP contribution in [0.3, 0.4) is 0 Å². The number of benzene rings is 2. The average Bonchev–Trinajstić information content (AvgIpc) is 3.49. The summed E-state index contributed by atoms with van der Waals surface area (Å²) in [6, 6.07) is 13.1. The monoisotopic (exact) mass is 515 g/mol. The Kier molecular flexibility index (Phi) is 10.4. The van der Waals surface area contributed by atoms with Gasteiger partial charge < -0.3 is 20.1 Å². The second kappa shape index (κ2) is 13.7. The van der Waals surface area contributed by atoms with Crippen molar-refractivity contribution in [3.8, 4) is 11.6 Å². The minimum Gasteiger partial charge on any atom is -0.476 e. The molecule has 1 aliphatic heterocycles. The highest BCUT2D eigenvalue weighted by Crippen LogP contribution is 2.29. The Morgan fingerprint density at radius 1 is 1.16 bits per heavy atom. The molecule has 1 aromatic heterocycles. The molecule has 3 aromatic rings. The molecular formula is C27H35F2N5O3. The van der Waals surface area contributed by atoms with Crippen molar-refractivity contribution in [3.05, 3.63) is 71.3 Å². The summed E-state index contributed by atoms with van der Waals surface area (Å²) in [4.78, 5) is 13.4. The minimum absolute atomic E-state index is 0.307. The zero-order valence-electron chi connectivity index (χ0n) is 21.5. The fourth-order valence-corrected chi connectivity index (χ4v) is 4.13. The first kappa shape index (κ1) is 28.1. The van der Waals surface area contributed by atoms with Crippen LogP contribution in [-0.2, 0) is 4.74 Å². The van der Waals surface area contributed by atoms with E-state index in [-0.39, 0.29) is 0 Å². The van der Waals surface area contributed by atoms with Gasteiger partial charge in [0.25, 0.3) is 0 Å². The Morgan fingerprint density at radius 3 is 2.57 bits per heavy atom. The molecule has 1 unspecified atom stereocenters. The van der Waals surface area contributed by atoms with Gasteiger partial charge in [0.15, 0.2) is 11.6 Å². The molecule has 0 radical (unpaired) electrons. The molecule has 37 heavy (non-hydrogen) atoms. The van der Waals surface area contributed by atoms with Crippen LogP contribution in [0.2, 0.25) is 0 Å². The van der Waals surface area contributed by atoms with E-state index in [1.165, 1.54) is 12.1 Å². The second-order valence-corrected chi connectivity index (χ2v) is 8.82. The number of amides is 2. The van der Waals surface area contributed by atoms with E-state index >= 15 is 0 Å². The summed E-state index contributed by atoms with van der Waals surface area (Å²) >= 11 is 0. The molecule has 3 N–H and O–H groups in total. The molecule has 4 rings (SSSR count). The van der Waals surface area contributed by atoms with Gasteiger partial charge in [0.2, 0.25) is 5.88 Å². The number of para-hydroxylation sites is 1. The number of carbonyl (C=O) groups is 1. The van der Waals surface area contributed by atoms with E-state index in [9.17, 15) is 13.6 Å². The summed E-state index contributed by atoms with van der Waals surface area (Å²) in [6.45, 7) is 7.93. The first-order valence-electron chi connectivity index (χ1n) is 12.3. The van der Waals surface area contributed by atoms with Crippen LogP contribution in [0.15, 0.2) is 48.5 Å². The van der Waals surface area contributed by atoms with Gasteiger partial charge in [0.05, 0.1) is 24.5 Å². The lowest BCUT2D eigenvalue weighted by Gasteiger charge is -2.15. The molecule has 0 aliphatic carbocycles. The number of urea groups is 1. The highest BCUT2D eigenvalue weighted by atomic mass is 19.2. The van der Waals surface area contributed by atoms with E-state index in [1.54, 1.807) is 17.9 Å². The number of primary amides is 1. The molecule has 1 aliphatic rings. The number of anilines is 1. The Balaban J connectivity index is 0.000000208. The van der Waals surface area contributed by atoms with Gasteiger partial charge in [-0.3, -0.25) is 5.32 Å². The number of rotatable bonds is 9. The molecule has 0 saturated carbocycles. The predicted molar refractivity (Wildman–Crippen MR) is 139 cm³/mol. The van der Waals surface area contributed by atoms with Gasteiger partial charge in [-0.25, -0.2) is 18.3 Å². The number of ether oxygens (including phenoxy) is 2. The second-order valence-electron chi connectivity index (χ2n) is 8.82. The van der Waals surface area contributed by atoms with Crippen molar-refractivity contribution in [2.75, 3.05) is 45.3 Å². The van der Waals surface area contributed by atoms with E-state index in [0.29, 0.717) is 30.8 Å². The summed E-state index contributed by atoms with van der Waals surface area (Å²) in [5.41, 5.74) is 7.69. The third-order valence-electron chi connectivity index (χ3n) is 6.06. The lowest BCUT2D eigenvalue weighted by Crippen LogP contribution is -2.24. The Labute approximate surface area is 216 Å². The normalized spacial score (nSPS) is 15.2. The van der Waals surface area contributed by atoms with Crippen molar-refractivity contribution in [2.45, 2.75) is 32.6 Å². The van der Waals surface area contributed by atoms with Crippen molar-refractivity contribution in [1.29, 1.82) is 0 Å². The number of hydrogen-bond acceptors (Lipinski definition) is 5. The lowest BCUT2D eigenvalue weighted by molar-refractivity contribution is 0.160. The number of nitrogens with two attached hydrogens (primary N) is 1. The van der Waals surface area contributed by atoms with Crippen molar-refractivity contribution in [1.82, 2.24) is 14.7 Å². The highest BCUT2D eigenvalue weighted by molar-refractivity contribution is 5.88. The largest absolute Gasteiger partial charge is 0.476 e. The Bertz CT molecular complexity index is 1160. The molecule has 1 atom stereocenters. The number of likely N-dealkylation sites (tertiary alicyclic amines) is 1. The minimum atomic E-state index is -0.775. The van der Waals surface area contributed by atoms with Crippen LogP contribution in [-0.4, -0.2) is 60.7 Å². The third kappa shape index (κ3) is 7.74. The summed E-state index contributed by atoms with van der Waals surface area (Å²) in [5, 5.41) is 6.99. The van der Waals surface area contributed by atoms with Gasteiger partial charge in [0, 0.05) is 20.2 Å². The van der Waals surface area contributed by atoms with Crippen LogP contribution in [0.25, 0.3) is 5.69 Å². The number of hydrogen-bond donors (Lipinski definition) is 2. The first-order valence-corrected chi connectivity index (χ1v) is 12.3. The van der Waals surface area contributed by atoms with Crippen molar-refractivity contribution in [3.63, 3.8) is 0 Å². The maximum absolute atomic E-state index is 13.1. The SMILES string of the molecule is CCCOc1nn(-c2ccccc2)c(NC(N)=O)c1C.COCCN1CCC(c2ccc(F)c(F)c2)C1. The maximum atomic E-state index is 13.1. The van der Waals surface area contributed by atoms with Crippen LogP contribution < -0.4 is 15.8 Å². The molecule has 1 fully saturated rings. The fourth-order valence-electron chi connectivity index (χ4n) is 4.13. The Hall–Kier alpha value is -3.50. The molecule has 200 valence electrons. The van der Waals surface area contributed by atoms with E-state index < -0.39 is 17.7 Å². The Morgan fingerprint density at radius 2 is 1.92 bits per heavy atom. The lowest BCUT2D eigenvalue weighted by atomic mass is 9.98. The molecule has 8 nitrogen and oxygen atoms in total. The van der Waals surface area contributed by atoms with Crippen molar-refractivity contribution in [2.24, 2.45) is 5.73 Å². The standard InChI is InChI=1S/C14H18N4O2.C13H17F2NO/c1-3-9-20-13-10(2)12(16-14(15)19)18(17-13)11-7-5-4-6-8-11;1-17-7-6-16-5-4-11(9-16)10-2-3-12(14)13(15)8-10/h4-8H,3,9H2,1-2H3,(H3,15,16,19);2-3,8,11H,4-7,9H2,1H3. The zero-order chi connectivity index (χ0) is 26.8. The van der Waals surface area contributed by atoms with E-state index in [1.807, 2.05) is 44.2 Å². The maximum Gasteiger partial charge on any atom is 0.317 e. The third-order valence-corrected chi connectivity index (χ3v) is 6.06. The number of halogens is 2. The molecule has 1 saturated heterocycles. The van der Waals surface area contributed by atoms with Gasteiger partial charge >= 0.3 is 6.03 Å². The van der Waals surface area contributed by atoms with E-state index in [4.69, 9.17) is 15.2 Å². The van der Waals surface area contributed by atoms with Crippen LogP contribution in [0.5, 0.6) is 5.88 Å². The molecule has 0 spiro atoms. The van der Waals surface area contributed by atoms with Gasteiger partial charge in [0.1, 0.15) is 5.82 Å². The van der Waals surface area contributed by atoms with E-state index in [0.717, 1.165) is 49.3 Å². The summed E-state index contributed by atoms with van der Waals surface area (Å²) < 4.78 is 38.2. The summed E-state index contributed by atoms with van der Waals surface area (Å²) in [5.74, 6) is -0.197. The fraction of sp³-hybridized carbons (Fsp3) is 0.407. The zero-order valence-corrected chi connectivity index (χ0v) is 21.5. The molecule has 2 amide bonds. The van der Waals surface area contributed by atoms with Crippen LogP contribution >= 0.6 is 0 Å². The number of nitrogens with one attached hydrogen (secondary N) is 1. The van der Waals surface area contributed by atoms with Gasteiger partial charge in [-0.05, 0) is 62.1 Å². The van der Waals surface area contributed by atoms with Crippen molar-refractivity contribution >= 4 is 11.8 Å². The average molecular weight is 516 g/mol. The number of nitrogens with zero attached hydrogens (tertiary/aromatic N) is 3. The smallest absolute Gasteiger partial charge is 0.317 e. The van der Waals surface area contributed by atoms with Crippen LogP contribution in [0, 0.1) is 18.6 Å². The molecule has 2 heterocycles. The molecule has 0 bridgehead atoms. The predicted octanol–water partition coefficient (Wildman–Crippen LogP) is 4.86. The van der Waals surface area contributed by atoms with Crippen LogP contribution in [0.4, 0.5) is 19.4 Å². The molecule has 10 heteroatoms. The quantitative estimate of drug-likeness (QED) is 0.424. The summed E-state index contributed by atoms with van der Waals surface area (Å²) in [7, 11) is 1.68. The van der Waals surface area contributed by atoms with Gasteiger partial charge in [-0.2, -0.15) is 0 Å². The highest BCUT2D eigenvalue weighted by Gasteiger charge is 2.24. The van der Waals surface area contributed by atoms with Gasteiger partial charge in [-0.1, -0.05) is 31.2 Å². The van der Waals surface area contributed by atoms with Crippen molar-refractivity contribution < 1.29 is 23.0 Å². The number of methoxy groups -OCH3 is 1. The summed E-state index contributed by atoms with van der Waals surface area (Å²) in [6.07, 6.45) is 1.88. The van der Waals surface area contributed by atoms with Gasteiger partial charge in [-0.15, -0.1) is 5.10 Å². The van der Waals surface area contributed by atoms with E-state index in [2.05, 4.69) is 15.3 Å². The molecular weight excluding hydrogens is 480 g/mol. The number of aromatic nitrogens is 2. The first-order chi connectivity index (χ1) is 17.8.